The summed E-state index contributed by atoms with van der Waals surface area (Å²) in [5.41, 5.74) is 0. The van der Waals surface area contributed by atoms with E-state index >= 15 is 0 Å². The number of nitrogens with zero attached hydrogens (tertiary/aromatic N) is 1. The second-order valence-corrected chi connectivity index (χ2v) is 6.74. The predicted molar refractivity (Wildman–Crippen MR) is 101 cm³/mol. The summed E-state index contributed by atoms with van der Waals surface area (Å²) < 4.78 is 2.41. The third kappa shape index (κ3) is 12.8. The van der Waals surface area contributed by atoms with Gasteiger partial charge in [0.2, 0.25) is 0 Å². The van der Waals surface area contributed by atoms with Crippen molar-refractivity contribution in [3.63, 3.8) is 0 Å². The van der Waals surface area contributed by atoms with Crippen LogP contribution in [-0.4, -0.2) is 5.48 Å². The van der Waals surface area contributed by atoms with Crippen molar-refractivity contribution < 1.29 is 22.5 Å². The Labute approximate surface area is 156 Å². The number of hydrogen-bond acceptors (Lipinski definition) is 0. The SMILES string of the molecule is CCCCCCCCCCCCC(CCC)[n+]1ccccc1.O.[Cl-]. The highest BCUT2D eigenvalue weighted by atomic mass is 35.5. The zero-order valence-corrected chi connectivity index (χ0v) is 16.7. The van der Waals surface area contributed by atoms with Gasteiger partial charge in [0.15, 0.2) is 18.4 Å². The Kier molecular flexibility index (Phi) is 20.0. The first-order valence-electron chi connectivity index (χ1n) is 9.84. The van der Waals surface area contributed by atoms with Gasteiger partial charge in [0.25, 0.3) is 0 Å². The molecule has 0 saturated heterocycles. The molecule has 1 heterocycles. The lowest BCUT2D eigenvalue weighted by molar-refractivity contribution is -0.724. The molecule has 1 atom stereocenters. The van der Waals surface area contributed by atoms with Crippen molar-refractivity contribution in [3.8, 4) is 0 Å². The van der Waals surface area contributed by atoms with E-state index < -0.39 is 0 Å². The molecule has 1 rings (SSSR count). The van der Waals surface area contributed by atoms with Crippen molar-refractivity contribution in [2.45, 2.75) is 103 Å². The maximum Gasteiger partial charge on any atom is 0.169 e. The standard InChI is InChI=1S/C21H38N.ClH.H2O/c1-3-5-6-7-8-9-10-11-12-14-18-21(17-4-2)22-19-15-13-16-20-22;;/h13,15-16,19-21H,3-12,14,17-18H2,1-2H3;1H;1H2/q+1;;/p-1. The van der Waals surface area contributed by atoms with Crippen LogP contribution in [-0.2, 0) is 0 Å². The molecule has 0 aliphatic heterocycles. The van der Waals surface area contributed by atoms with Crippen molar-refractivity contribution in [3.05, 3.63) is 30.6 Å². The average molecular weight is 358 g/mol. The van der Waals surface area contributed by atoms with E-state index in [9.17, 15) is 0 Å². The molecule has 1 aromatic heterocycles. The summed E-state index contributed by atoms with van der Waals surface area (Å²) in [7, 11) is 0. The van der Waals surface area contributed by atoms with Gasteiger partial charge in [0, 0.05) is 25.0 Å². The van der Waals surface area contributed by atoms with Gasteiger partial charge >= 0.3 is 0 Å². The van der Waals surface area contributed by atoms with Gasteiger partial charge in [-0.2, -0.15) is 0 Å². The van der Waals surface area contributed by atoms with Gasteiger partial charge < -0.3 is 17.9 Å². The van der Waals surface area contributed by atoms with Crippen LogP contribution in [0.3, 0.4) is 0 Å². The molecule has 0 aromatic carbocycles. The quantitative estimate of drug-likeness (QED) is 0.362. The minimum atomic E-state index is 0. The molecule has 3 heteroatoms. The van der Waals surface area contributed by atoms with Gasteiger partial charge in [-0.1, -0.05) is 77.7 Å². The molecule has 0 bridgehead atoms. The van der Waals surface area contributed by atoms with Crippen LogP contribution in [0.25, 0.3) is 0 Å². The van der Waals surface area contributed by atoms with Crippen LogP contribution in [0.4, 0.5) is 0 Å². The van der Waals surface area contributed by atoms with Gasteiger partial charge in [0.05, 0.1) is 0 Å². The highest BCUT2D eigenvalue weighted by Crippen LogP contribution is 2.17. The second-order valence-electron chi connectivity index (χ2n) is 6.74. The third-order valence-corrected chi connectivity index (χ3v) is 4.67. The molecule has 0 amide bonds. The van der Waals surface area contributed by atoms with Crippen LogP contribution in [0.5, 0.6) is 0 Å². The number of hydrogen-bond donors (Lipinski definition) is 0. The highest BCUT2D eigenvalue weighted by Gasteiger charge is 2.15. The Balaban J connectivity index is 0. The number of pyridine rings is 1. The van der Waals surface area contributed by atoms with Crippen molar-refractivity contribution in [2.75, 3.05) is 0 Å². The summed E-state index contributed by atoms with van der Waals surface area (Å²) in [6, 6.07) is 7.13. The summed E-state index contributed by atoms with van der Waals surface area (Å²) >= 11 is 0. The van der Waals surface area contributed by atoms with E-state index in [4.69, 9.17) is 0 Å². The van der Waals surface area contributed by atoms with Crippen LogP contribution >= 0.6 is 0 Å². The smallest absolute Gasteiger partial charge is 0.169 e. The third-order valence-electron chi connectivity index (χ3n) is 4.67. The first-order chi connectivity index (χ1) is 10.9. The predicted octanol–water partition coefficient (Wildman–Crippen LogP) is 2.81. The lowest BCUT2D eigenvalue weighted by Crippen LogP contribution is -3.00. The molecular formula is C21H40ClNO. The summed E-state index contributed by atoms with van der Waals surface area (Å²) in [5.74, 6) is 0. The van der Waals surface area contributed by atoms with Crippen LogP contribution in [0.2, 0.25) is 0 Å². The number of unbranched alkanes of at least 4 members (excludes halogenated alkanes) is 9. The second kappa shape index (κ2) is 18.7. The Hall–Kier alpha value is -0.600. The van der Waals surface area contributed by atoms with E-state index in [1.54, 1.807) is 0 Å². The number of halogens is 1. The maximum absolute atomic E-state index is 2.41. The number of aromatic nitrogens is 1. The minimum absolute atomic E-state index is 0. The molecular weight excluding hydrogens is 318 g/mol. The molecule has 142 valence electrons. The van der Waals surface area contributed by atoms with Gasteiger partial charge in [0.1, 0.15) is 0 Å². The normalized spacial score (nSPS) is 11.4. The molecule has 1 aromatic rings. The monoisotopic (exact) mass is 357 g/mol. The van der Waals surface area contributed by atoms with E-state index in [1.165, 1.54) is 83.5 Å². The topological polar surface area (TPSA) is 35.4 Å². The minimum Gasteiger partial charge on any atom is -1.00 e. The average Bonchev–Trinajstić information content (AvgIpc) is 2.56. The Morgan fingerprint density at radius 2 is 1.12 bits per heavy atom. The lowest BCUT2D eigenvalue weighted by Gasteiger charge is -2.11. The summed E-state index contributed by atoms with van der Waals surface area (Å²) in [4.78, 5) is 0. The van der Waals surface area contributed by atoms with E-state index in [-0.39, 0.29) is 17.9 Å². The van der Waals surface area contributed by atoms with Gasteiger partial charge in [-0.25, -0.2) is 4.57 Å². The molecule has 0 spiro atoms. The highest BCUT2D eigenvalue weighted by molar-refractivity contribution is 4.84. The first-order valence-corrected chi connectivity index (χ1v) is 9.84. The van der Waals surface area contributed by atoms with Gasteiger partial charge in [-0.3, -0.25) is 0 Å². The fourth-order valence-electron chi connectivity index (χ4n) is 3.30. The van der Waals surface area contributed by atoms with E-state index in [1.807, 2.05) is 0 Å². The van der Waals surface area contributed by atoms with Gasteiger partial charge in [-0.15, -0.1) is 0 Å². The molecule has 0 fully saturated rings. The zero-order valence-electron chi connectivity index (χ0n) is 16.0. The fourth-order valence-corrected chi connectivity index (χ4v) is 3.30. The molecule has 1 unspecified atom stereocenters. The van der Waals surface area contributed by atoms with Crippen molar-refractivity contribution >= 4 is 0 Å². The Morgan fingerprint density at radius 3 is 1.62 bits per heavy atom. The van der Waals surface area contributed by atoms with Crippen molar-refractivity contribution in [1.29, 1.82) is 0 Å². The number of rotatable bonds is 14. The van der Waals surface area contributed by atoms with Crippen LogP contribution in [0.1, 0.15) is 103 Å². The molecule has 24 heavy (non-hydrogen) atoms. The molecule has 2 N–H and O–H groups in total. The maximum atomic E-state index is 2.41. The van der Waals surface area contributed by atoms with Crippen molar-refractivity contribution in [2.24, 2.45) is 0 Å². The molecule has 0 radical (unpaired) electrons. The van der Waals surface area contributed by atoms with E-state index in [0.29, 0.717) is 6.04 Å². The summed E-state index contributed by atoms with van der Waals surface area (Å²) in [5, 5.41) is 0. The fraction of sp³-hybridized carbons (Fsp3) is 0.762. The Bertz CT molecular complexity index is 345. The van der Waals surface area contributed by atoms with E-state index in [0.717, 1.165) is 0 Å². The van der Waals surface area contributed by atoms with Crippen LogP contribution in [0.15, 0.2) is 30.6 Å². The van der Waals surface area contributed by atoms with Crippen LogP contribution in [0, 0.1) is 0 Å². The Morgan fingerprint density at radius 1 is 0.625 bits per heavy atom. The molecule has 0 aliphatic rings. The van der Waals surface area contributed by atoms with E-state index in [2.05, 4.69) is 49.0 Å². The molecule has 0 saturated carbocycles. The molecule has 2 nitrogen and oxygen atoms in total. The zero-order chi connectivity index (χ0) is 15.9. The van der Waals surface area contributed by atoms with Gasteiger partial charge in [-0.05, 0) is 12.8 Å². The molecule has 0 aliphatic carbocycles. The summed E-state index contributed by atoms with van der Waals surface area (Å²) in [6.07, 6.45) is 22.7. The van der Waals surface area contributed by atoms with Crippen molar-refractivity contribution in [1.82, 2.24) is 0 Å². The summed E-state index contributed by atoms with van der Waals surface area (Å²) in [6.45, 7) is 4.59. The lowest BCUT2D eigenvalue weighted by atomic mass is 10.0. The van der Waals surface area contributed by atoms with Crippen LogP contribution < -0.4 is 17.0 Å². The first kappa shape index (κ1) is 25.6. The largest absolute Gasteiger partial charge is 1.00 e.